The molecule has 1 aromatic carbocycles. The molecule has 1 unspecified atom stereocenters. The van der Waals surface area contributed by atoms with Gasteiger partial charge in [-0.05, 0) is 24.0 Å². The molecule has 2 rings (SSSR count). The van der Waals surface area contributed by atoms with E-state index in [9.17, 15) is 4.79 Å². The van der Waals surface area contributed by atoms with Gasteiger partial charge >= 0.3 is 0 Å². The summed E-state index contributed by atoms with van der Waals surface area (Å²) in [6.07, 6.45) is 2.70. The van der Waals surface area contributed by atoms with Gasteiger partial charge in [-0.1, -0.05) is 24.3 Å². The predicted molar refractivity (Wildman–Crippen MR) is 64.2 cm³/mol. The van der Waals surface area contributed by atoms with Crippen LogP contribution in [-0.2, 0) is 11.2 Å². The average Bonchev–Trinajstić information content (AvgIpc) is 2.70. The van der Waals surface area contributed by atoms with Gasteiger partial charge in [-0.15, -0.1) is 0 Å². The molecule has 0 saturated carbocycles. The van der Waals surface area contributed by atoms with Crippen LogP contribution in [0.1, 0.15) is 29.9 Å². The molecule has 3 N–H and O–H groups in total. The molecule has 0 heterocycles. The second kappa shape index (κ2) is 5.12. The van der Waals surface area contributed by atoms with Crippen LogP contribution in [0.25, 0.3) is 0 Å². The van der Waals surface area contributed by atoms with Gasteiger partial charge in [0.2, 0.25) is 5.91 Å². The highest BCUT2D eigenvalue weighted by atomic mass is 16.1. The fourth-order valence-electron chi connectivity index (χ4n) is 2.31. The first-order chi connectivity index (χ1) is 7.81. The van der Waals surface area contributed by atoms with E-state index in [0.29, 0.717) is 18.9 Å². The fraction of sp³-hybridized carbons (Fsp3) is 0.462. The molecule has 1 aliphatic carbocycles. The van der Waals surface area contributed by atoms with Crippen molar-refractivity contribution in [3.05, 3.63) is 35.4 Å². The maximum absolute atomic E-state index is 11.3. The molecular formula is C13H18N2O. The number of amides is 1. The van der Waals surface area contributed by atoms with Gasteiger partial charge in [0.1, 0.15) is 0 Å². The minimum absolute atomic E-state index is 0.0619. The summed E-state index contributed by atoms with van der Waals surface area (Å²) in [6.45, 7) is 1.17. The van der Waals surface area contributed by atoms with Crippen LogP contribution < -0.4 is 11.1 Å². The minimum Gasteiger partial charge on any atom is -0.355 e. The Morgan fingerprint density at radius 3 is 3.06 bits per heavy atom. The zero-order valence-corrected chi connectivity index (χ0v) is 9.41. The Morgan fingerprint density at radius 2 is 2.25 bits per heavy atom. The van der Waals surface area contributed by atoms with Gasteiger partial charge in [-0.25, -0.2) is 0 Å². The van der Waals surface area contributed by atoms with Crippen molar-refractivity contribution in [2.45, 2.75) is 25.2 Å². The standard InChI is InChI=1S/C13H18N2O/c14-8-7-13(16)15-9-11-6-5-10-3-1-2-4-12(10)11/h1-4,11H,5-9,14H2,(H,15,16). The maximum atomic E-state index is 11.3. The summed E-state index contributed by atoms with van der Waals surface area (Å²) in [5.74, 6) is 0.546. The number of carbonyl (C=O) groups excluding carboxylic acids is 1. The molecule has 0 fully saturated rings. The van der Waals surface area contributed by atoms with Gasteiger partial charge in [-0.2, -0.15) is 0 Å². The summed E-state index contributed by atoms with van der Waals surface area (Å²) >= 11 is 0. The maximum Gasteiger partial charge on any atom is 0.221 e. The first kappa shape index (κ1) is 11.1. The molecule has 3 nitrogen and oxygen atoms in total. The van der Waals surface area contributed by atoms with Crippen molar-refractivity contribution in [2.24, 2.45) is 5.73 Å². The van der Waals surface area contributed by atoms with E-state index in [2.05, 4.69) is 29.6 Å². The molecule has 1 atom stereocenters. The topological polar surface area (TPSA) is 55.1 Å². The Bertz CT molecular complexity index is 376. The number of benzene rings is 1. The molecule has 3 heteroatoms. The fourth-order valence-corrected chi connectivity index (χ4v) is 2.31. The number of aryl methyl sites for hydroxylation is 1. The van der Waals surface area contributed by atoms with Crippen molar-refractivity contribution in [3.63, 3.8) is 0 Å². The van der Waals surface area contributed by atoms with Crippen LogP contribution in [0.15, 0.2) is 24.3 Å². The highest BCUT2D eigenvalue weighted by Gasteiger charge is 2.21. The molecule has 1 aliphatic rings. The van der Waals surface area contributed by atoms with E-state index in [0.717, 1.165) is 19.4 Å². The number of nitrogens with one attached hydrogen (secondary N) is 1. The van der Waals surface area contributed by atoms with Gasteiger partial charge in [0.05, 0.1) is 0 Å². The molecule has 0 saturated heterocycles. The van der Waals surface area contributed by atoms with E-state index in [1.54, 1.807) is 0 Å². The lowest BCUT2D eigenvalue weighted by Crippen LogP contribution is -2.29. The number of hydrogen-bond acceptors (Lipinski definition) is 2. The summed E-state index contributed by atoms with van der Waals surface area (Å²) in [5, 5.41) is 2.95. The van der Waals surface area contributed by atoms with Crippen molar-refractivity contribution in [3.8, 4) is 0 Å². The molecule has 0 aliphatic heterocycles. The smallest absolute Gasteiger partial charge is 0.221 e. The third kappa shape index (κ3) is 2.42. The molecule has 0 spiro atoms. The Labute approximate surface area is 96.0 Å². The van der Waals surface area contributed by atoms with Gasteiger partial charge in [0.25, 0.3) is 0 Å². The Kier molecular flexibility index (Phi) is 3.57. The quantitative estimate of drug-likeness (QED) is 0.797. The number of fused-ring (bicyclic) bond motifs is 1. The van der Waals surface area contributed by atoms with E-state index in [4.69, 9.17) is 5.73 Å². The normalized spacial score (nSPS) is 18.2. The lowest BCUT2D eigenvalue weighted by atomic mass is 10.0. The monoisotopic (exact) mass is 218 g/mol. The van der Waals surface area contributed by atoms with E-state index < -0.39 is 0 Å². The van der Waals surface area contributed by atoms with E-state index in [-0.39, 0.29) is 5.91 Å². The zero-order valence-electron chi connectivity index (χ0n) is 9.41. The van der Waals surface area contributed by atoms with Crippen LogP contribution in [-0.4, -0.2) is 19.0 Å². The molecule has 16 heavy (non-hydrogen) atoms. The number of rotatable bonds is 4. The molecular weight excluding hydrogens is 200 g/mol. The molecule has 86 valence electrons. The lowest BCUT2D eigenvalue weighted by molar-refractivity contribution is -0.120. The molecule has 0 aromatic heterocycles. The second-order valence-electron chi connectivity index (χ2n) is 4.28. The first-order valence-corrected chi connectivity index (χ1v) is 5.86. The third-order valence-corrected chi connectivity index (χ3v) is 3.17. The van der Waals surface area contributed by atoms with Crippen LogP contribution in [0.2, 0.25) is 0 Å². The molecule has 1 aromatic rings. The summed E-state index contributed by atoms with van der Waals surface area (Å²) in [7, 11) is 0. The molecule has 0 radical (unpaired) electrons. The van der Waals surface area contributed by atoms with Crippen molar-refractivity contribution in [1.29, 1.82) is 0 Å². The van der Waals surface area contributed by atoms with Crippen LogP contribution >= 0.6 is 0 Å². The number of nitrogens with two attached hydrogens (primary N) is 1. The van der Waals surface area contributed by atoms with Gasteiger partial charge in [0.15, 0.2) is 0 Å². The van der Waals surface area contributed by atoms with Gasteiger partial charge in [0, 0.05) is 25.4 Å². The molecule has 1 amide bonds. The zero-order chi connectivity index (χ0) is 11.4. The van der Waals surface area contributed by atoms with Crippen LogP contribution in [0.4, 0.5) is 0 Å². The average molecular weight is 218 g/mol. The van der Waals surface area contributed by atoms with E-state index in [1.807, 2.05) is 0 Å². The van der Waals surface area contributed by atoms with E-state index >= 15 is 0 Å². The Morgan fingerprint density at radius 1 is 1.44 bits per heavy atom. The van der Waals surface area contributed by atoms with Gasteiger partial charge in [-0.3, -0.25) is 4.79 Å². The lowest BCUT2D eigenvalue weighted by Gasteiger charge is -2.12. The van der Waals surface area contributed by atoms with Crippen molar-refractivity contribution >= 4 is 5.91 Å². The summed E-state index contributed by atoms with van der Waals surface area (Å²) in [6, 6.07) is 8.49. The van der Waals surface area contributed by atoms with E-state index in [1.165, 1.54) is 11.1 Å². The minimum atomic E-state index is 0.0619. The van der Waals surface area contributed by atoms with Crippen molar-refractivity contribution in [1.82, 2.24) is 5.32 Å². The van der Waals surface area contributed by atoms with Gasteiger partial charge < -0.3 is 11.1 Å². The van der Waals surface area contributed by atoms with Crippen LogP contribution in [0.3, 0.4) is 0 Å². The third-order valence-electron chi connectivity index (χ3n) is 3.17. The number of carbonyl (C=O) groups is 1. The largest absolute Gasteiger partial charge is 0.355 e. The first-order valence-electron chi connectivity index (χ1n) is 5.86. The van der Waals surface area contributed by atoms with Crippen LogP contribution in [0.5, 0.6) is 0 Å². The highest BCUT2D eigenvalue weighted by molar-refractivity contribution is 5.76. The molecule has 0 bridgehead atoms. The Balaban J connectivity index is 1.91. The second-order valence-corrected chi connectivity index (χ2v) is 4.28. The number of hydrogen-bond donors (Lipinski definition) is 2. The van der Waals surface area contributed by atoms with Crippen molar-refractivity contribution < 1.29 is 4.79 Å². The summed E-state index contributed by atoms with van der Waals surface area (Å²) in [4.78, 5) is 11.3. The summed E-state index contributed by atoms with van der Waals surface area (Å²) in [5.41, 5.74) is 8.16. The highest BCUT2D eigenvalue weighted by Crippen LogP contribution is 2.31. The summed E-state index contributed by atoms with van der Waals surface area (Å²) < 4.78 is 0. The van der Waals surface area contributed by atoms with Crippen LogP contribution in [0, 0.1) is 0 Å². The SMILES string of the molecule is NCCC(=O)NCC1CCc2ccccc21. The van der Waals surface area contributed by atoms with Crippen molar-refractivity contribution in [2.75, 3.05) is 13.1 Å². The predicted octanol–water partition coefficient (Wildman–Crippen LogP) is 1.18. The Hall–Kier alpha value is -1.35.